The maximum atomic E-state index is 10.7. The van der Waals surface area contributed by atoms with Crippen LogP contribution in [0.2, 0.25) is 0 Å². The highest BCUT2D eigenvalue weighted by atomic mass is 32.2. The summed E-state index contributed by atoms with van der Waals surface area (Å²) in [6.45, 7) is 3.89. The first-order chi connectivity index (χ1) is 6.49. The summed E-state index contributed by atoms with van der Waals surface area (Å²) < 4.78 is 29.2. The Morgan fingerprint density at radius 3 is 2.64 bits per heavy atom. The molecule has 0 saturated carbocycles. The second-order valence-electron chi connectivity index (χ2n) is 3.59. The van der Waals surface area contributed by atoms with Crippen LogP contribution in [0.1, 0.15) is 13.3 Å². The smallest absolute Gasteiger partial charge is 0.208 e. The third kappa shape index (κ3) is 4.36. The summed E-state index contributed by atoms with van der Waals surface area (Å²) in [7, 11) is -3.05. The van der Waals surface area contributed by atoms with Crippen LogP contribution in [0, 0.1) is 0 Å². The van der Waals surface area contributed by atoms with E-state index in [-0.39, 0.29) is 6.10 Å². The summed E-state index contributed by atoms with van der Waals surface area (Å²) in [6.07, 6.45) is 2.39. The highest BCUT2D eigenvalue weighted by Gasteiger charge is 2.22. The molecule has 0 bridgehead atoms. The lowest BCUT2D eigenvalue weighted by atomic mass is 10.1. The van der Waals surface area contributed by atoms with Crippen molar-refractivity contribution in [2.45, 2.75) is 25.5 Å². The summed E-state index contributed by atoms with van der Waals surface area (Å²) in [5.41, 5.74) is 0. The van der Waals surface area contributed by atoms with E-state index in [0.717, 1.165) is 19.3 Å². The Bertz CT molecular complexity index is 266. The van der Waals surface area contributed by atoms with E-state index in [1.807, 2.05) is 6.92 Å². The number of ether oxygens (including phenoxy) is 1. The molecule has 1 fully saturated rings. The Labute approximate surface area is 85.3 Å². The van der Waals surface area contributed by atoms with E-state index in [9.17, 15) is 8.42 Å². The molecule has 0 amide bonds. The van der Waals surface area contributed by atoms with Gasteiger partial charge in [0.15, 0.2) is 0 Å². The highest BCUT2D eigenvalue weighted by Crippen LogP contribution is 2.11. The molecule has 1 heterocycles. The van der Waals surface area contributed by atoms with Crippen molar-refractivity contribution in [3.63, 3.8) is 0 Å². The van der Waals surface area contributed by atoms with Crippen LogP contribution in [-0.2, 0) is 14.8 Å². The summed E-state index contributed by atoms with van der Waals surface area (Å²) in [6, 6.07) is 0.358. The van der Waals surface area contributed by atoms with Gasteiger partial charge in [0.1, 0.15) is 0 Å². The van der Waals surface area contributed by atoms with Crippen molar-refractivity contribution in [1.82, 2.24) is 10.0 Å². The summed E-state index contributed by atoms with van der Waals surface area (Å²) in [4.78, 5) is 0. The molecule has 0 radical (unpaired) electrons. The average Bonchev–Trinajstić information content (AvgIpc) is 2.44. The fourth-order valence-corrected chi connectivity index (χ4v) is 1.97. The first-order valence-corrected chi connectivity index (χ1v) is 6.68. The Morgan fingerprint density at radius 1 is 1.43 bits per heavy atom. The van der Waals surface area contributed by atoms with Gasteiger partial charge in [-0.1, -0.05) is 0 Å². The number of sulfonamides is 1. The first-order valence-electron chi connectivity index (χ1n) is 4.78. The van der Waals surface area contributed by atoms with Crippen LogP contribution in [-0.4, -0.2) is 46.5 Å². The molecule has 2 N–H and O–H groups in total. The number of nitrogens with one attached hydrogen (secondary N) is 2. The van der Waals surface area contributed by atoms with Crippen molar-refractivity contribution in [2.75, 3.05) is 26.0 Å². The molecule has 84 valence electrons. The van der Waals surface area contributed by atoms with Gasteiger partial charge in [0, 0.05) is 25.7 Å². The maximum Gasteiger partial charge on any atom is 0.208 e. The third-order valence-electron chi connectivity index (χ3n) is 2.27. The molecular weight excluding hydrogens is 204 g/mol. The monoisotopic (exact) mass is 222 g/mol. The van der Waals surface area contributed by atoms with Gasteiger partial charge in [0.2, 0.25) is 10.0 Å². The van der Waals surface area contributed by atoms with Crippen LogP contribution >= 0.6 is 0 Å². The van der Waals surface area contributed by atoms with Crippen LogP contribution in [0.4, 0.5) is 0 Å². The maximum absolute atomic E-state index is 10.7. The predicted molar refractivity (Wildman–Crippen MR) is 54.7 cm³/mol. The lowest BCUT2D eigenvalue weighted by Crippen LogP contribution is -2.39. The molecule has 0 aromatic carbocycles. The molecule has 0 aromatic rings. The van der Waals surface area contributed by atoms with Gasteiger partial charge in [-0.2, -0.15) is 0 Å². The van der Waals surface area contributed by atoms with Gasteiger partial charge in [-0.15, -0.1) is 0 Å². The highest BCUT2D eigenvalue weighted by molar-refractivity contribution is 7.88. The van der Waals surface area contributed by atoms with E-state index in [1.54, 1.807) is 0 Å². The minimum absolute atomic E-state index is 0.230. The van der Waals surface area contributed by atoms with Crippen molar-refractivity contribution in [3.8, 4) is 0 Å². The summed E-state index contributed by atoms with van der Waals surface area (Å²) in [5.74, 6) is 0. The molecular formula is C8H18N2O3S. The van der Waals surface area contributed by atoms with Gasteiger partial charge >= 0.3 is 0 Å². The van der Waals surface area contributed by atoms with Crippen LogP contribution < -0.4 is 10.0 Å². The molecule has 5 nitrogen and oxygen atoms in total. The van der Waals surface area contributed by atoms with E-state index in [4.69, 9.17) is 4.74 Å². The van der Waals surface area contributed by atoms with Gasteiger partial charge in [0.05, 0.1) is 12.4 Å². The molecule has 14 heavy (non-hydrogen) atoms. The van der Waals surface area contributed by atoms with Crippen molar-refractivity contribution >= 4 is 10.0 Å². The van der Waals surface area contributed by atoms with Crippen molar-refractivity contribution in [2.24, 2.45) is 0 Å². The molecule has 1 aliphatic rings. The fourth-order valence-electron chi connectivity index (χ4n) is 1.49. The van der Waals surface area contributed by atoms with Gasteiger partial charge in [-0.05, 0) is 13.3 Å². The van der Waals surface area contributed by atoms with Crippen molar-refractivity contribution in [1.29, 1.82) is 0 Å². The molecule has 1 aliphatic heterocycles. The van der Waals surface area contributed by atoms with E-state index < -0.39 is 10.0 Å². The molecule has 1 saturated heterocycles. The molecule has 2 atom stereocenters. The third-order valence-corrected chi connectivity index (χ3v) is 3.00. The zero-order valence-electron chi connectivity index (χ0n) is 8.62. The van der Waals surface area contributed by atoms with Gasteiger partial charge in [-0.25, -0.2) is 13.1 Å². The van der Waals surface area contributed by atoms with Crippen molar-refractivity contribution in [3.05, 3.63) is 0 Å². The molecule has 6 heteroatoms. The minimum Gasteiger partial charge on any atom is -0.377 e. The van der Waals surface area contributed by atoms with Gasteiger partial charge < -0.3 is 10.1 Å². The quantitative estimate of drug-likeness (QED) is 0.604. The Kier molecular flexibility index (Phi) is 4.31. The van der Waals surface area contributed by atoms with Gasteiger partial charge in [0.25, 0.3) is 0 Å². The Morgan fingerprint density at radius 2 is 2.14 bits per heavy atom. The second kappa shape index (κ2) is 5.06. The van der Waals surface area contributed by atoms with E-state index >= 15 is 0 Å². The molecule has 0 aromatic heterocycles. The standard InChI is InChI=1S/C8H18N2O3S/c1-7-8(3-6-13-7)9-4-5-10-14(2,11)12/h7-10H,3-6H2,1-2H3. The molecule has 0 aliphatic carbocycles. The SMILES string of the molecule is CC1OCCC1NCCNS(C)(=O)=O. The normalized spacial score (nSPS) is 28.1. The number of hydrogen-bond acceptors (Lipinski definition) is 4. The predicted octanol–water partition coefficient (Wildman–Crippen LogP) is -0.697. The topological polar surface area (TPSA) is 67.4 Å². The number of rotatable bonds is 5. The minimum atomic E-state index is -3.05. The summed E-state index contributed by atoms with van der Waals surface area (Å²) in [5, 5.41) is 3.25. The molecule has 2 unspecified atom stereocenters. The van der Waals surface area contributed by atoms with Crippen LogP contribution in [0.3, 0.4) is 0 Å². The zero-order valence-corrected chi connectivity index (χ0v) is 9.43. The van der Waals surface area contributed by atoms with Crippen LogP contribution in [0.5, 0.6) is 0 Å². The lowest BCUT2D eigenvalue weighted by Gasteiger charge is -2.15. The molecule has 0 spiro atoms. The molecule has 1 rings (SSSR count). The average molecular weight is 222 g/mol. The largest absolute Gasteiger partial charge is 0.377 e. The van der Waals surface area contributed by atoms with E-state index in [1.165, 1.54) is 0 Å². The van der Waals surface area contributed by atoms with Crippen LogP contribution in [0.25, 0.3) is 0 Å². The van der Waals surface area contributed by atoms with E-state index in [0.29, 0.717) is 19.1 Å². The van der Waals surface area contributed by atoms with E-state index in [2.05, 4.69) is 10.0 Å². The first kappa shape index (κ1) is 11.9. The Hall–Kier alpha value is -0.170. The number of hydrogen-bond donors (Lipinski definition) is 2. The summed E-state index contributed by atoms with van der Waals surface area (Å²) >= 11 is 0. The lowest BCUT2D eigenvalue weighted by molar-refractivity contribution is 0.113. The second-order valence-corrected chi connectivity index (χ2v) is 5.42. The van der Waals surface area contributed by atoms with Crippen LogP contribution in [0.15, 0.2) is 0 Å². The van der Waals surface area contributed by atoms with Crippen molar-refractivity contribution < 1.29 is 13.2 Å². The fraction of sp³-hybridized carbons (Fsp3) is 1.00. The van der Waals surface area contributed by atoms with Gasteiger partial charge in [-0.3, -0.25) is 0 Å². The Balaban J connectivity index is 2.09. The zero-order chi connectivity index (χ0) is 10.6.